The van der Waals surface area contributed by atoms with E-state index in [1.807, 2.05) is 25.1 Å². The van der Waals surface area contributed by atoms with E-state index in [0.717, 1.165) is 23.0 Å². The van der Waals surface area contributed by atoms with Crippen molar-refractivity contribution in [1.82, 2.24) is 5.32 Å². The molecule has 0 spiro atoms. The van der Waals surface area contributed by atoms with Crippen molar-refractivity contribution < 1.29 is 9.13 Å². The van der Waals surface area contributed by atoms with Crippen LogP contribution in [-0.2, 0) is 6.54 Å². The summed E-state index contributed by atoms with van der Waals surface area (Å²) in [7, 11) is 0. The van der Waals surface area contributed by atoms with Gasteiger partial charge in [-0.05, 0) is 55.8 Å². The Morgan fingerprint density at radius 2 is 2.05 bits per heavy atom. The molecule has 1 N–H and O–H groups in total. The van der Waals surface area contributed by atoms with Gasteiger partial charge in [-0.2, -0.15) is 0 Å². The standard InChI is InChI=1S/C17H19BrFNO/c1-3-9-20-11-14-16(19)5-4-6-17(14)21-13-7-8-15(18)12(2)10-13/h4-8,10,20H,3,9,11H2,1-2H3. The molecule has 21 heavy (non-hydrogen) atoms. The maximum atomic E-state index is 14.0. The normalized spacial score (nSPS) is 10.7. The summed E-state index contributed by atoms with van der Waals surface area (Å²) in [6.07, 6.45) is 1.01. The van der Waals surface area contributed by atoms with Gasteiger partial charge in [-0.15, -0.1) is 0 Å². The van der Waals surface area contributed by atoms with Gasteiger partial charge in [0.1, 0.15) is 17.3 Å². The minimum Gasteiger partial charge on any atom is -0.457 e. The van der Waals surface area contributed by atoms with Crippen molar-refractivity contribution in [2.45, 2.75) is 26.8 Å². The number of ether oxygens (including phenoxy) is 1. The quantitative estimate of drug-likeness (QED) is 0.723. The van der Waals surface area contributed by atoms with Crippen LogP contribution in [0.4, 0.5) is 4.39 Å². The minimum absolute atomic E-state index is 0.245. The first kappa shape index (κ1) is 16.0. The fraction of sp³-hybridized carbons (Fsp3) is 0.294. The van der Waals surface area contributed by atoms with Crippen molar-refractivity contribution in [3.8, 4) is 11.5 Å². The Hall–Kier alpha value is -1.39. The van der Waals surface area contributed by atoms with Gasteiger partial charge in [0.15, 0.2) is 0 Å². The average Bonchev–Trinajstić information content (AvgIpc) is 2.46. The molecule has 0 unspecified atom stereocenters. The van der Waals surface area contributed by atoms with Crippen LogP contribution in [0.3, 0.4) is 0 Å². The van der Waals surface area contributed by atoms with Gasteiger partial charge < -0.3 is 10.1 Å². The van der Waals surface area contributed by atoms with Crippen molar-refractivity contribution >= 4 is 15.9 Å². The van der Waals surface area contributed by atoms with E-state index in [2.05, 4.69) is 28.2 Å². The topological polar surface area (TPSA) is 21.3 Å². The van der Waals surface area contributed by atoms with Crippen molar-refractivity contribution in [2.75, 3.05) is 6.54 Å². The highest BCUT2D eigenvalue weighted by molar-refractivity contribution is 9.10. The molecule has 0 saturated heterocycles. The summed E-state index contributed by atoms with van der Waals surface area (Å²) in [4.78, 5) is 0. The van der Waals surface area contributed by atoms with Crippen LogP contribution in [0.5, 0.6) is 11.5 Å². The second kappa shape index (κ2) is 7.57. The smallest absolute Gasteiger partial charge is 0.134 e. The van der Waals surface area contributed by atoms with Crippen molar-refractivity contribution in [3.05, 3.63) is 57.8 Å². The van der Waals surface area contributed by atoms with E-state index in [4.69, 9.17) is 4.74 Å². The summed E-state index contributed by atoms with van der Waals surface area (Å²) < 4.78 is 20.9. The number of aryl methyl sites for hydroxylation is 1. The van der Waals surface area contributed by atoms with Crippen molar-refractivity contribution in [1.29, 1.82) is 0 Å². The molecule has 2 nitrogen and oxygen atoms in total. The summed E-state index contributed by atoms with van der Waals surface area (Å²) in [5, 5.41) is 3.21. The number of halogens is 2. The third-order valence-electron chi connectivity index (χ3n) is 3.16. The lowest BCUT2D eigenvalue weighted by Crippen LogP contribution is -2.15. The number of hydrogen-bond acceptors (Lipinski definition) is 2. The molecule has 0 saturated carbocycles. The van der Waals surface area contributed by atoms with E-state index in [9.17, 15) is 4.39 Å². The van der Waals surface area contributed by atoms with Gasteiger partial charge in [0.25, 0.3) is 0 Å². The lowest BCUT2D eigenvalue weighted by molar-refractivity contribution is 0.461. The van der Waals surface area contributed by atoms with Crippen LogP contribution in [0.25, 0.3) is 0 Å². The van der Waals surface area contributed by atoms with Crippen LogP contribution in [0.2, 0.25) is 0 Å². The number of nitrogens with one attached hydrogen (secondary N) is 1. The molecule has 0 aliphatic heterocycles. The average molecular weight is 352 g/mol. The molecule has 0 atom stereocenters. The van der Waals surface area contributed by atoms with Gasteiger partial charge in [-0.25, -0.2) is 4.39 Å². The maximum Gasteiger partial charge on any atom is 0.134 e. The third kappa shape index (κ3) is 4.29. The van der Waals surface area contributed by atoms with E-state index < -0.39 is 0 Å². The Balaban J connectivity index is 2.22. The molecular formula is C17H19BrFNO. The van der Waals surface area contributed by atoms with E-state index >= 15 is 0 Å². The zero-order valence-electron chi connectivity index (χ0n) is 12.2. The van der Waals surface area contributed by atoms with Gasteiger partial charge in [0.05, 0.1) is 0 Å². The summed E-state index contributed by atoms with van der Waals surface area (Å²) in [5.41, 5.74) is 1.64. The second-order valence-corrected chi connectivity index (χ2v) is 5.76. The first-order valence-electron chi connectivity index (χ1n) is 7.04. The van der Waals surface area contributed by atoms with Crippen LogP contribution in [-0.4, -0.2) is 6.54 Å². The maximum absolute atomic E-state index is 14.0. The van der Waals surface area contributed by atoms with Crippen LogP contribution < -0.4 is 10.1 Å². The van der Waals surface area contributed by atoms with E-state index in [-0.39, 0.29) is 5.82 Å². The van der Waals surface area contributed by atoms with Gasteiger partial charge >= 0.3 is 0 Å². The fourth-order valence-electron chi connectivity index (χ4n) is 2.00. The summed E-state index contributed by atoms with van der Waals surface area (Å²) >= 11 is 3.46. The molecule has 0 heterocycles. The minimum atomic E-state index is -0.245. The largest absolute Gasteiger partial charge is 0.457 e. The molecule has 0 aliphatic rings. The predicted molar refractivity (Wildman–Crippen MR) is 87.4 cm³/mol. The third-order valence-corrected chi connectivity index (χ3v) is 4.05. The number of hydrogen-bond donors (Lipinski definition) is 1. The van der Waals surface area contributed by atoms with Crippen LogP contribution in [0, 0.1) is 12.7 Å². The van der Waals surface area contributed by atoms with E-state index in [1.165, 1.54) is 6.07 Å². The Labute approximate surface area is 133 Å². The van der Waals surface area contributed by atoms with Crippen molar-refractivity contribution in [3.63, 3.8) is 0 Å². The molecule has 4 heteroatoms. The monoisotopic (exact) mass is 351 g/mol. The number of rotatable bonds is 6. The van der Waals surface area contributed by atoms with Gasteiger partial charge in [0.2, 0.25) is 0 Å². The summed E-state index contributed by atoms with van der Waals surface area (Å²) in [6, 6.07) is 10.6. The Bertz CT molecular complexity index is 616. The Morgan fingerprint density at radius 1 is 1.24 bits per heavy atom. The highest BCUT2D eigenvalue weighted by atomic mass is 79.9. The lowest BCUT2D eigenvalue weighted by atomic mass is 10.1. The SMILES string of the molecule is CCCNCc1c(F)cccc1Oc1ccc(Br)c(C)c1. The zero-order valence-corrected chi connectivity index (χ0v) is 13.8. The number of benzene rings is 2. The molecule has 2 aromatic carbocycles. The molecule has 112 valence electrons. The van der Waals surface area contributed by atoms with Crippen LogP contribution in [0.15, 0.2) is 40.9 Å². The molecule has 2 rings (SSSR count). The van der Waals surface area contributed by atoms with Gasteiger partial charge in [0, 0.05) is 16.6 Å². The van der Waals surface area contributed by atoms with Gasteiger partial charge in [-0.3, -0.25) is 0 Å². The zero-order chi connectivity index (χ0) is 15.2. The fourth-order valence-corrected chi connectivity index (χ4v) is 2.25. The first-order valence-corrected chi connectivity index (χ1v) is 7.83. The first-order chi connectivity index (χ1) is 10.1. The van der Waals surface area contributed by atoms with E-state index in [1.54, 1.807) is 12.1 Å². The van der Waals surface area contributed by atoms with Crippen molar-refractivity contribution in [2.24, 2.45) is 0 Å². The Kier molecular flexibility index (Phi) is 5.76. The summed E-state index contributed by atoms with van der Waals surface area (Å²) in [5.74, 6) is 1.02. The molecule has 0 bridgehead atoms. The van der Waals surface area contributed by atoms with E-state index in [0.29, 0.717) is 23.6 Å². The molecule has 0 fully saturated rings. The molecular weight excluding hydrogens is 333 g/mol. The van der Waals surface area contributed by atoms with Crippen LogP contribution >= 0.6 is 15.9 Å². The van der Waals surface area contributed by atoms with Gasteiger partial charge in [-0.1, -0.05) is 28.9 Å². The summed E-state index contributed by atoms with van der Waals surface area (Å²) in [6.45, 7) is 5.39. The second-order valence-electron chi connectivity index (χ2n) is 4.91. The Morgan fingerprint density at radius 3 is 2.76 bits per heavy atom. The molecule has 0 aromatic heterocycles. The predicted octanol–water partition coefficient (Wildman–Crippen LogP) is 5.19. The highest BCUT2D eigenvalue weighted by Crippen LogP contribution is 2.29. The molecule has 0 radical (unpaired) electrons. The molecule has 0 aliphatic carbocycles. The lowest BCUT2D eigenvalue weighted by Gasteiger charge is -2.13. The van der Waals surface area contributed by atoms with Crippen LogP contribution in [0.1, 0.15) is 24.5 Å². The molecule has 2 aromatic rings. The molecule has 0 amide bonds. The highest BCUT2D eigenvalue weighted by Gasteiger charge is 2.10.